The van der Waals surface area contributed by atoms with E-state index in [9.17, 15) is 4.79 Å². The first-order valence-electron chi connectivity index (χ1n) is 8.00. The highest BCUT2D eigenvalue weighted by molar-refractivity contribution is 5.87. The zero-order valence-electron chi connectivity index (χ0n) is 13.3. The number of benzene rings is 2. The lowest BCUT2D eigenvalue weighted by atomic mass is 10.1. The lowest BCUT2D eigenvalue weighted by molar-refractivity contribution is 0.0697. The summed E-state index contributed by atoms with van der Waals surface area (Å²) in [6, 6.07) is 16.8. The Morgan fingerprint density at radius 3 is 2.13 bits per heavy atom. The van der Waals surface area contributed by atoms with E-state index in [1.54, 1.807) is 12.1 Å². The molecule has 3 N–H and O–H groups in total. The summed E-state index contributed by atoms with van der Waals surface area (Å²) >= 11 is 0. The molecule has 23 heavy (non-hydrogen) atoms. The predicted molar refractivity (Wildman–Crippen MR) is 93.4 cm³/mol. The van der Waals surface area contributed by atoms with Gasteiger partial charge in [0.05, 0.1) is 5.56 Å². The molecule has 0 atom stereocenters. The van der Waals surface area contributed by atoms with Gasteiger partial charge in [-0.2, -0.15) is 0 Å². The predicted octanol–water partition coefficient (Wildman–Crippen LogP) is 3.64. The van der Waals surface area contributed by atoms with Gasteiger partial charge in [-0.3, -0.25) is 4.90 Å². The first-order valence-corrected chi connectivity index (χ1v) is 8.00. The third kappa shape index (κ3) is 6.12. The molecule has 0 amide bonds. The van der Waals surface area contributed by atoms with Crippen molar-refractivity contribution in [3.63, 3.8) is 0 Å². The number of likely N-dealkylation sites (tertiary alicyclic amines) is 1. The summed E-state index contributed by atoms with van der Waals surface area (Å²) in [5.74, 6) is -0.931. The van der Waals surface area contributed by atoms with Crippen LogP contribution in [0.2, 0.25) is 0 Å². The number of nitrogens with two attached hydrogens (primary N) is 1. The molecule has 4 heteroatoms. The largest absolute Gasteiger partial charge is 0.478 e. The van der Waals surface area contributed by atoms with Crippen molar-refractivity contribution < 1.29 is 9.90 Å². The van der Waals surface area contributed by atoms with Crippen molar-refractivity contribution in [1.29, 1.82) is 0 Å². The van der Waals surface area contributed by atoms with Gasteiger partial charge in [0.2, 0.25) is 0 Å². The molecule has 1 aliphatic rings. The highest BCUT2D eigenvalue weighted by Crippen LogP contribution is 2.12. The van der Waals surface area contributed by atoms with Crippen LogP contribution >= 0.6 is 0 Å². The molecule has 0 radical (unpaired) electrons. The van der Waals surface area contributed by atoms with Gasteiger partial charge < -0.3 is 10.8 Å². The van der Waals surface area contributed by atoms with E-state index in [0.717, 1.165) is 6.54 Å². The maximum atomic E-state index is 10.3. The third-order valence-corrected chi connectivity index (χ3v) is 3.86. The number of carboxylic acid groups (broad SMARTS) is 1. The van der Waals surface area contributed by atoms with E-state index in [-0.39, 0.29) is 5.56 Å². The number of nitrogens with zero attached hydrogens (tertiary/aromatic N) is 1. The molecule has 0 saturated carbocycles. The molecule has 122 valence electrons. The highest BCUT2D eigenvalue weighted by Gasteiger charge is 2.09. The quantitative estimate of drug-likeness (QED) is 0.849. The van der Waals surface area contributed by atoms with Crippen LogP contribution in [0, 0.1) is 0 Å². The van der Waals surface area contributed by atoms with Crippen LogP contribution in [0.15, 0.2) is 54.6 Å². The Kier molecular flexibility index (Phi) is 6.63. The van der Waals surface area contributed by atoms with Crippen molar-refractivity contribution in [3.8, 4) is 0 Å². The summed E-state index contributed by atoms with van der Waals surface area (Å²) in [4.78, 5) is 12.8. The first kappa shape index (κ1) is 17.0. The molecule has 0 bridgehead atoms. The minimum absolute atomic E-state index is 0.259. The van der Waals surface area contributed by atoms with Crippen molar-refractivity contribution in [2.24, 2.45) is 0 Å². The summed E-state index contributed by atoms with van der Waals surface area (Å²) in [6.45, 7) is 3.71. The van der Waals surface area contributed by atoms with Gasteiger partial charge in [0.1, 0.15) is 0 Å². The Morgan fingerprint density at radius 1 is 0.957 bits per heavy atom. The van der Waals surface area contributed by atoms with Crippen molar-refractivity contribution in [2.45, 2.75) is 25.8 Å². The molecule has 0 spiro atoms. The number of hydrogen-bond acceptors (Lipinski definition) is 3. The van der Waals surface area contributed by atoms with Crippen LogP contribution in [0.25, 0.3) is 0 Å². The van der Waals surface area contributed by atoms with Crippen LogP contribution in [0.5, 0.6) is 0 Å². The monoisotopic (exact) mass is 312 g/mol. The minimum Gasteiger partial charge on any atom is -0.478 e. The molecule has 0 unspecified atom stereocenters. The van der Waals surface area contributed by atoms with Crippen LogP contribution in [0.4, 0.5) is 5.69 Å². The van der Waals surface area contributed by atoms with Crippen LogP contribution in [-0.4, -0.2) is 29.1 Å². The van der Waals surface area contributed by atoms with E-state index in [2.05, 4.69) is 35.2 Å². The smallest absolute Gasteiger partial charge is 0.335 e. The number of hydrogen-bond donors (Lipinski definition) is 2. The molecule has 0 aliphatic carbocycles. The zero-order chi connectivity index (χ0) is 16.5. The summed E-state index contributed by atoms with van der Waals surface area (Å²) < 4.78 is 0. The SMILES string of the molecule is Nc1ccc(C(=O)O)cc1.c1ccc(CN2CCCCC2)cc1. The zero-order valence-corrected chi connectivity index (χ0v) is 13.3. The van der Waals surface area contributed by atoms with Crippen molar-refractivity contribution in [1.82, 2.24) is 4.90 Å². The van der Waals surface area contributed by atoms with Crippen molar-refractivity contribution in [3.05, 3.63) is 65.7 Å². The van der Waals surface area contributed by atoms with E-state index in [1.807, 2.05) is 0 Å². The Morgan fingerprint density at radius 2 is 1.57 bits per heavy atom. The average molecular weight is 312 g/mol. The lowest BCUT2D eigenvalue weighted by Crippen LogP contribution is -2.28. The van der Waals surface area contributed by atoms with Crippen LogP contribution in [0.3, 0.4) is 0 Å². The molecule has 2 aromatic rings. The molecular formula is C19H24N2O2. The number of anilines is 1. The van der Waals surface area contributed by atoms with E-state index >= 15 is 0 Å². The molecule has 1 heterocycles. The van der Waals surface area contributed by atoms with Crippen molar-refractivity contribution >= 4 is 11.7 Å². The summed E-state index contributed by atoms with van der Waals surface area (Å²) in [5.41, 5.74) is 7.61. The highest BCUT2D eigenvalue weighted by atomic mass is 16.4. The molecule has 1 fully saturated rings. The van der Waals surface area contributed by atoms with Crippen molar-refractivity contribution in [2.75, 3.05) is 18.8 Å². The van der Waals surface area contributed by atoms with E-state index in [1.165, 1.54) is 50.0 Å². The fraction of sp³-hybridized carbons (Fsp3) is 0.316. The van der Waals surface area contributed by atoms with E-state index < -0.39 is 5.97 Å². The van der Waals surface area contributed by atoms with Gasteiger partial charge in [0.15, 0.2) is 0 Å². The standard InChI is InChI=1S/C12H17N.C7H7NO2/c1-3-7-12(8-4-1)11-13-9-5-2-6-10-13;8-6-3-1-5(2-4-6)7(9)10/h1,3-4,7-8H,2,5-6,9-11H2;1-4H,8H2,(H,9,10). The molecule has 3 rings (SSSR count). The van der Waals surface area contributed by atoms with Gasteiger partial charge in [0.25, 0.3) is 0 Å². The Balaban J connectivity index is 0.000000174. The Bertz CT molecular complexity index is 591. The average Bonchev–Trinajstić information content (AvgIpc) is 2.58. The normalized spacial score (nSPS) is 14.6. The van der Waals surface area contributed by atoms with Crippen LogP contribution < -0.4 is 5.73 Å². The molecule has 1 saturated heterocycles. The fourth-order valence-corrected chi connectivity index (χ4v) is 2.58. The molecule has 0 aromatic heterocycles. The van der Waals surface area contributed by atoms with Gasteiger partial charge >= 0.3 is 5.97 Å². The number of nitrogen functional groups attached to an aromatic ring is 1. The second-order valence-electron chi connectivity index (χ2n) is 5.75. The molecule has 2 aromatic carbocycles. The maximum absolute atomic E-state index is 10.3. The molecule has 1 aliphatic heterocycles. The Labute approximate surface area is 137 Å². The number of carboxylic acids is 1. The maximum Gasteiger partial charge on any atom is 0.335 e. The lowest BCUT2D eigenvalue weighted by Gasteiger charge is -2.26. The summed E-state index contributed by atoms with van der Waals surface area (Å²) in [6.07, 6.45) is 4.19. The van der Waals surface area contributed by atoms with E-state index in [4.69, 9.17) is 10.8 Å². The second kappa shape index (κ2) is 8.96. The van der Waals surface area contributed by atoms with Gasteiger partial charge in [-0.1, -0.05) is 36.8 Å². The van der Waals surface area contributed by atoms with E-state index in [0.29, 0.717) is 5.69 Å². The Hall–Kier alpha value is -2.33. The first-order chi connectivity index (χ1) is 11.1. The van der Waals surface area contributed by atoms with Crippen LogP contribution in [0.1, 0.15) is 35.2 Å². The molecule has 4 nitrogen and oxygen atoms in total. The van der Waals surface area contributed by atoms with Gasteiger partial charge in [0, 0.05) is 12.2 Å². The second-order valence-corrected chi connectivity index (χ2v) is 5.75. The summed E-state index contributed by atoms with van der Waals surface area (Å²) in [5, 5.41) is 8.43. The van der Waals surface area contributed by atoms with Crippen LogP contribution in [-0.2, 0) is 6.54 Å². The number of carbonyl (C=O) groups is 1. The third-order valence-electron chi connectivity index (χ3n) is 3.86. The van der Waals surface area contributed by atoms with Gasteiger partial charge in [-0.25, -0.2) is 4.79 Å². The van der Waals surface area contributed by atoms with Gasteiger partial charge in [-0.15, -0.1) is 0 Å². The number of piperidine rings is 1. The summed E-state index contributed by atoms with van der Waals surface area (Å²) in [7, 11) is 0. The topological polar surface area (TPSA) is 66.6 Å². The minimum atomic E-state index is -0.931. The van der Waals surface area contributed by atoms with Gasteiger partial charge in [-0.05, 0) is 55.8 Å². The fourth-order valence-electron chi connectivity index (χ4n) is 2.58. The number of rotatable bonds is 3. The number of aromatic carboxylic acids is 1. The molecular weight excluding hydrogens is 288 g/mol.